The Morgan fingerprint density at radius 1 is 0.955 bits per heavy atom. The zero-order chi connectivity index (χ0) is 15.3. The molecule has 110 valence electrons. The van der Waals surface area contributed by atoms with Gasteiger partial charge in [0.25, 0.3) is 0 Å². The fourth-order valence-corrected chi connectivity index (χ4v) is 2.95. The van der Waals surface area contributed by atoms with Gasteiger partial charge >= 0.3 is 0 Å². The third-order valence-electron chi connectivity index (χ3n) is 3.85. The van der Waals surface area contributed by atoms with Crippen LogP contribution in [0.2, 0.25) is 0 Å². The van der Waals surface area contributed by atoms with Gasteiger partial charge in [-0.05, 0) is 37.6 Å². The monoisotopic (exact) mass is 292 g/mol. The van der Waals surface area contributed by atoms with Crippen LogP contribution in [0.3, 0.4) is 0 Å². The van der Waals surface area contributed by atoms with Crippen LogP contribution in [0.1, 0.15) is 19.2 Å². The van der Waals surface area contributed by atoms with Gasteiger partial charge in [-0.3, -0.25) is 0 Å². The lowest BCUT2D eigenvalue weighted by Crippen LogP contribution is -2.03. The minimum Gasteiger partial charge on any atom is -0.477 e. The maximum atomic E-state index is 6.14. The Labute approximate surface area is 127 Å². The Kier molecular flexibility index (Phi) is 2.76. The number of hydrogen-bond acceptors (Lipinski definition) is 5. The summed E-state index contributed by atoms with van der Waals surface area (Å²) in [6, 6.07) is 7.95. The molecule has 0 saturated heterocycles. The number of anilines is 1. The van der Waals surface area contributed by atoms with Crippen LogP contribution in [0.15, 0.2) is 24.3 Å². The standard InChI is InChI=1S/C17H16N4O/c1-3-8-22-17-11-5-7-13-15-12(19-9(2)20-13)6-4-10(14(11)15)16(18)21-17/h4-7H,3,8H2,1-2H3,(H2,18,21). The van der Waals surface area contributed by atoms with Crippen molar-refractivity contribution in [3.05, 3.63) is 30.1 Å². The van der Waals surface area contributed by atoms with Gasteiger partial charge in [0.2, 0.25) is 5.88 Å². The second kappa shape index (κ2) is 4.66. The van der Waals surface area contributed by atoms with E-state index >= 15 is 0 Å². The van der Waals surface area contributed by atoms with Crippen molar-refractivity contribution < 1.29 is 4.74 Å². The lowest BCUT2D eigenvalue weighted by Gasteiger charge is -2.14. The maximum Gasteiger partial charge on any atom is 0.223 e. The Morgan fingerprint density at radius 3 is 2.32 bits per heavy atom. The summed E-state index contributed by atoms with van der Waals surface area (Å²) in [6.45, 7) is 4.59. The van der Waals surface area contributed by atoms with Crippen LogP contribution in [0.4, 0.5) is 5.82 Å². The number of nitrogens with two attached hydrogens (primary N) is 1. The van der Waals surface area contributed by atoms with E-state index in [9.17, 15) is 0 Å². The molecule has 5 heteroatoms. The number of rotatable bonds is 3. The summed E-state index contributed by atoms with van der Waals surface area (Å²) in [5, 5.41) is 3.94. The third-order valence-corrected chi connectivity index (χ3v) is 3.85. The Balaban J connectivity index is 2.18. The second-order valence-electron chi connectivity index (χ2n) is 5.44. The topological polar surface area (TPSA) is 73.9 Å². The van der Waals surface area contributed by atoms with Crippen molar-refractivity contribution in [1.82, 2.24) is 15.0 Å². The van der Waals surface area contributed by atoms with Gasteiger partial charge in [-0.15, -0.1) is 0 Å². The minimum absolute atomic E-state index is 0.480. The van der Waals surface area contributed by atoms with Crippen LogP contribution in [0.25, 0.3) is 32.6 Å². The van der Waals surface area contributed by atoms with Gasteiger partial charge in [-0.2, -0.15) is 4.98 Å². The molecule has 5 nitrogen and oxygen atoms in total. The van der Waals surface area contributed by atoms with Crippen molar-refractivity contribution in [3.8, 4) is 5.88 Å². The first kappa shape index (κ1) is 13.0. The lowest BCUT2D eigenvalue weighted by atomic mass is 10.00. The van der Waals surface area contributed by atoms with Gasteiger partial charge in [0.1, 0.15) is 11.6 Å². The molecule has 0 fully saturated rings. The average Bonchev–Trinajstić information content (AvgIpc) is 2.51. The van der Waals surface area contributed by atoms with Gasteiger partial charge in [0.15, 0.2) is 0 Å². The Morgan fingerprint density at radius 2 is 1.64 bits per heavy atom. The fraction of sp³-hybridized carbons (Fsp3) is 0.235. The van der Waals surface area contributed by atoms with Gasteiger partial charge in [0.05, 0.1) is 17.6 Å². The Hall–Kier alpha value is -2.69. The quantitative estimate of drug-likeness (QED) is 0.585. The predicted molar refractivity (Wildman–Crippen MR) is 88.5 cm³/mol. The van der Waals surface area contributed by atoms with Gasteiger partial charge in [-0.1, -0.05) is 6.92 Å². The van der Waals surface area contributed by atoms with Gasteiger partial charge in [0, 0.05) is 21.5 Å². The number of ether oxygens (including phenoxy) is 1. The fourth-order valence-electron chi connectivity index (χ4n) is 2.95. The van der Waals surface area contributed by atoms with Gasteiger partial charge < -0.3 is 10.5 Å². The zero-order valence-electron chi connectivity index (χ0n) is 12.6. The first-order valence-corrected chi connectivity index (χ1v) is 7.40. The molecule has 2 N–H and O–H groups in total. The van der Waals surface area contributed by atoms with Crippen LogP contribution >= 0.6 is 0 Å². The molecular weight excluding hydrogens is 276 g/mol. The van der Waals surface area contributed by atoms with E-state index in [0.717, 1.165) is 44.8 Å². The van der Waals surface area contributed by atoms with Gasteiger partial charge in [-0.25, -0.2) is 9.97 Å². The largest absolute Gasteiger partial charge is 0.477 e. The highest BCUT2D eigenvalue weighted by atomic mass is 16.5. The zero-order valence-corrected chi connectivity index (χ0v) is 12.6. The number of benzene rings is 2. The van der Waals surface area contributed by atoms with E-state index < -0.39 is 0 Å². The number of nitrogen functional groups attached to an aromatic ring is 1. The molecular formula is C17H16N4O. The molecule has 0 spiro atoms. The van der Waals surface area contributed by atoms with E-state index in [0.29, 0.717) is 18.3 Å². The number of aryl methyl sites for hydroxylation is 1. The maximum absolute atomic E-state index is 6.14. The van der Waals surface area contributed by atoms with Crippen molar-refractivity contribution in [2.75, 3.05) is 12.3 Å². The smallest absolute Gasteiger partial charge is 0.223 e. The summed E-state index contributed by atoms with van der Waals surface area (Å²) < 4.78 is 5.78. The summed E-state index contributed by atoms with van der Waals surface area (Å²) >= 11 is 0. The summed E-state index contributed by atoms with van der Waals surface area (Å²) in [4.78, 5) is 13.5. The molecule has 0 saturated carbocycles. The molecule has 2 aromatic carbocycles. The highest BCUT2D eigenvalue weighted by Crippen LogP contribution is 2.38. The second-order valence-corrected chi connectivity index (χ2v) is 5.44. The summed E-state index contributed by atoms with van der Waals surface area (Å²) in [5.41, 5.74) is 7.98. The third kappa shape index (κ3) is 1.75. The highest BCUT2D eigenvalue weighted by Gasteiger charge is 2.16. The number of nitrogens with zero attached hydrogens (tertiary/aromatic N) is 3. The molecule has 22 heavy (non-hydrogen) atoms. The first-order valence-electron chi connectivity index (χ1n) is 7.40. The van der Waals surface area contributed by atoms with Crippen molar-refractivity contribution in [2.45, 2.75) is 20.3 Å². The van der Waals surface area contributed by atoms with E-state index in [2.05, 4.69) is 21.9 Å². The molecule has 0 atom stereocenters. The predicted octanol–water partition coefficient (Wildman–Crippen LogP) is 3.45. The normalized spacial score (nSPS) is 11.7. The number of pyridine rings is 1. The molecule has 0 radical (unpaired) electrons. The molecule has 0 aliphatic heterocycles. The van der Waals surface area contributed by atoms with Crippen molar-refractivity contribution in [2.24, 2.45) is 0 Å². The van der Waals surface area contributed by atoms with Crippen molar-refractivity contribution >= 4 is 38.4 Å². The van der Waals surface area contributed by atoms with E-state index in [-0.39, 0.29) is 0 Å². The molecule has 0 bridgehead atoms. The summed E-state index contributed by atoms with van der Waals surface area (Å²) in [7, 11) is 0. The molecule has 0 aliphatic rings. The van der Waals surface area contributed by atoms with Crippen LogP contribution in [-0.4, -0.2) is 21.6 Å². The van der Waals surface area contributed by atoms with Crippen molar-refractivity contribution in [3.63, 3.8) is 0 Å². The van der Waals surface area contributed by atoms with E-state index in [1.807, 2.05) is 31.2 Å². The SMILES string of the molecule is CCCOc1nc(N)c2ccc3nc(C)nc4ccc1c2c34. The molecule has 4 rings (SSSR count). The highest BCUT2D eigenvalue weighted by molar-refractivity contribution is 6.24. The van der Waals surface area contributed by atoms with E-state index in [1.54, 1.807) is 0 Å². The first-order chi connectivity index (χ1) is 10.7. The van der Waals surface area contributed by atoms with Crippen LogP contribution in [0.5, 0.6) is 5.88 Å². The summed E-state index contributed by atoms with van der Waals surface area (Å²) in [6.07, 6.45) is 0.922. The van der Waals surface area contributed by atoms with Crippen LogP contribution in [-0.2, 0) is 0 Å². The van der Waals surface area contributed by atoms with Crippen molar-refractivity contribution in [1.29, 1.82) is 0 Å². The molecule has 0 amide bonds. The van der Waals surface area contributed by atoms with E-state index in [4.69, 9.17) is 10.5 Å². The molecule has 2 heterocycles. The molecule has 2 aromatic heterocycles. The van der Waals surface area contributed by atoms with Crippen LogP contribution < -0.4 is 10.5 Å². The Bertz CT molecular complexity index is 978. The number of aromatic nitrogens is 3. The average molecular weight is 292 g/mol. The van der Waals surface area contributed by atoms with Crippen LogP contribution in [0, 0.1) is 6.92 Å². The number of hydrogen-bond donors (Lipinski definition) is 1. The molecule has 4 aromatic rings. The lowest BCUT2D eigenvalue weighted by molar-refractivity contribution is 0.310. The minimum atomic E-state index is 0.480. The molecule has 0 unspecified atom stereocenters. The summed E-state index contributed by atoms with van der Waals surface area (Å²) in [5.74, 6) is 1.83. The van der Waals surface area contributed by atoms with E-state index in [1.165, 1.54) is 0 Å². The molecule has 0 aliphatic carbocycles.